The Morgan fingerprint density at radius 1 is 1.60 bits per heavy atom. The van der Waals surface area contributed by atoms with Crippen LogP contribution in [0.1, 0.15) is 18.9 Å². The van der Waals surface area contributed by atoms with Crippen LogP contribution in [0.2, 0.25) is 5.02 Å². The monoisotopic (exact) mass is 226 g/mol. The Kier molecular flexibility index (Phi) is 4.59. The minimum absolute atomic E-state index is 0.127. The quantitative estimate of drug-likeness (QED) is 0.821. The van der Waals surface area contributed by atoms with E-state index in [2.05, 4.69) is 5.32 Å². The van der Waals surface area contributed by atoms with Crippen LogP contribution in [0.25, 0.3) is 0 Å². The molecule has 0 heterocycles. The highest BCUT2D eigenvalue weighted by Crippen LogP contribution is 2.10. The van der Waals surface area contributed by atoms with E-state index >= 15 is 0 Å². The van der Waals surface area contributed by atoms with Gasteiger partial charge < -0.3 is 11.1 Å². The van der Waals surface area contributed by atoms with Crippen molar-refractivity contribution in [2.24, 2.45) is 5.73 Å². The smallest absolute Gasteiger partial charge is 0.237 e. The fourth-order valence-electron chi connectivity index (χ4n) is 1.15. The minimum atomic E-state index is -0.427. The standard InChI is InChI=1S/C11H15ClN2O/c1-2-10(13)11(15)14-7-8-4-3-5-9(12)6-8/h3-6,10H,2,7,13H2,1H3,(H,14,15)/t10-/m0/s1. The molecule has 0 radical (unpaired) electrons. The van der Waals surface area contributed by atoms with Crippen molar-refractivity contribution in [3.05, 3.63) is 34.9 Å². The summed E-state index contributed by atoms with van der Waals surface area (Å²) in [5.74, 6) is -0.127. The number of amides is 1. The van der Waals surface area contributed by atoms with E-state index in [1.807, 2.05) is 25.1 Å². The average molecular weight is 227 g/mol. The van der Waals surface area contributed by atoms with Crippen molar-refractivity contribution in [3.63, 3.8) is 0 Å². The van der Waals surface area contributed by atoms with Gasteiger partial charge in [0.05, 0.1) is 6.04 Å². The van der Waals surface area contributed by atoms with Crippen molar-refractivity contribution in [2.45, 2.75) is 25.9 Å². The number of carbonyl (C=O) groups is 1. The predicted octanol–water partition coefficient (Wildman–Crippen LogP) is 1.69. The van der Waals surface area contributed by atoms with Crippen LogP contribution in [-0.4, -0.2) is 11.9 Å². The maximum absolute atomic E-state index is 11.4. The van der Waals surface area contributed by atoms with Gasteiger partial charge in [-0.05, 0) is 24.1 Å². The van der Waals surface area contributed by atoms with Gasteiger partial charge in [0.2, 0.25) is 5.91 Å². The Labute approximate surface area is 94.6 Å². The van der Waals surface area contributed by atoms with Crippen LogP contribution in [0.4, 0.5) is 0 Å². The molecule has 4 heteroatoms. The van der Waals surface area contributed by atoms with Gasteiger partial charge in [0.25, 0.3) is 0 Å². The van der Waals surface area contributed by atoms with Gasteiger partial charge in [-0.15, -0.1) is 0 Å². The van der Waals surface area contributed by atoms with E-state index in [1.165, 1.54) is 0 Å². The van der Waals surface area contributed by atoms with E-state index < -0.39 is 6.04 Å². The molecule has 1 atom stereocenters. The van der Waals surface area contributed by atoms with Crippen molar-refractivity contribution < 1.29 is 4.79 Å². The van der Waals surface area contributed by atoms with Gasteiger partial charge in [0, 0.05) is 11.6 Å². The Morgan fingerprint density at radius 2 is 2.33 bits per heavy atom. The van der Waals surface area contributed by atoms with E-state index in [0.717, 1.165) is 5.56 Å². The number of carbonyl (C=O) groups excluding carboxylic acids is 1. The zero-order chi connectivity index (χ0) is 11.3. The summed E-state index contributed by atoms with van der Waals surface area (Å²) in [6.07, 6.45) is 0.640. The Morgan fingerprint density at radius 3 is 2.93 bits per heavy atom. The third kappa shape index (κ3) is 3.90. The average Bonchev–Trinajstić information content (AvgIpc) is 2.25. The van der Waals surface area contributed by atoms with Crippen LogP contribution in [-0.2, 0) is 11.3 Å². The molecule has 0 aliphatic heterocycles. The number of halogens is 1. The van der Waals surface area contributed by atoms with Crippen LogP contribution in [0.3, 0.4) is 0 Å². The van der Waals surface area contributed by atoms with Gasteiger partial charge in [-0.25, -0.2) is 0 Å². The molecular formula is C11H15ClN2O. The molecule has 0 unspecified atom stereocenters. The summed E-state index contributed by atoms with van der Waals surface area (Å²) >= 11 is 5.81. The highest BCUT2D eigenvalue weighted by molar-refractivity contribution is 6.30. The molecule has 1 aromatic rings. The molecule has 0 saturated carbocycles. The number of rotatable bonds is 4. The molecule has 0 spiro atoms. The molecule has 0 bridgehead atoms. The summed E-state index contributed by atoms with van der Waals surface area (Å²) in [6, 6.07) is 6.95. The van der Waals surface area contributed by atoms with Crippen LogP contribution in [0, 0.1) is 0 Å². The minimum Gasteiger partial charge on any atom is -0.351 e. The highest BCUT2D eigenvalue weighted by Gasteiger charge is 2.09. The van der Waals surface area contributed by atoms with Gasteiger partial charge in [0.1, 0.15) is 0 Å². The normalized spacial score (nSPS) is 12.2. The summed E-state index contributed by atoms with van der Waals surface area (Å²) < 4.78 is 0. The molecule has 82 valence electrons. The Hall–Kier alpha value is -1.06. The lowest BCUT2D eigenvalue weighted by molar-refractivity contribution is -0.122. The second-order valence-corrected chi connectivity index (χ2v) is 3.80. The molecule has 0 fully saturated rings. The summed E-state index contributed by atoms with van der Waals surface area (Å²) in [6.45, 7) is 2.34. The fraction of sp³-hybridized carbons (Fsp3) is 0.364. The van der Waals surface area contributed by atoms with Gasteiger partial charge in [-0.2, -0.15) is 0 Å². The van der Waals surface area contributed by atoms with Crippen molar-refractivity contribution in [1.29, 1.82) is 0 Å². The Balaban J connectivity index is 2.47. The lowest BCUT2D eigenvalue weighted by Crippen LogP contribution is -2.39. The summed E-state index contributed by atoms with van der Waals surface area (Å²) in [7, 11) is 0. The molecule has 0 aromatic heterocycles. The lowest BCUT2D eigenvalue weighted by Gasteiger charge is -2.09. The summed E-state index contributed by atoms with van der Waals surface area (Å²) in [5.41, 5.74) is 6.54. The summed E-state index contributed by atoms with van der Waals surface area (Å²) in [5, 5.41) is 3.42. The van der Waals surface area contributed by atoms with Gasteiger partial charge in [-0.3, -0.25) is 4.79 Å². The van der Waals surface area contributed by atoms with E-state index in [0.29, 0.717) is 18.0 Å². The van der Waals surface area contributed by atoms with Gasteiger partial charge >= 0.3 is 0 Å². The van der Waals surface area contributed by atoms with Crippen LogP contribution in [0.5, 0.6) is 0 Å². The van der Waals surface area contributed by atoms with Gasteiger partial charge in [0.15, 0.2) is 0 Å². The molecule has 0 aliphatic carbocycles. The van der Waals surface area contributed by atoms with E-state index in [4.69, 9.17) is 17.3 Å². The molecule has 1 amide bonds. The Bertz CT molecular complexity index is 341. The first-order valence-electron chi connectivity index (χ1n) is 4.91. The zero-order valence-electron chi connectivity index (χ0n) is 8.66. The lowest BCUT2D eigenvalue weighted by atomic mass is 10.2. The molecule has 0 saturated heterocycles. The first-order chi connectivity index (χ1) is 7.13. The molecule has 3 N–H and O–H groups in total. The van der Waals surface area contributed by atoms with Crippen LogP contribution in [0.15, 0.2) is 24.3 Å². The number of hydrogen-bond acceptors (Lipinski definition) is 2. The van der Waals surface area contributed by atoms with Gasteiger partial charge in [-0.1, -0.05) is 30.7 Å². The molecule has 3 nitrogen and oxygen atoms in total. The van der Waals surface area contributed by atoms with Crippen molar-refractivity contribution in [2.75, 3.05) is 0 Å². The van der Waals surface area contributed by atoms with Crippen LogP contribution >= 0.6 is 11.6 Å². The third-order valence-corrected chi connectivity index (χ3v) is 2.37. The largest absolute Gasteiger partial charge is 0.351 e. The second kappa shape index (κ2) is 5.73. The van der Waals surface area contributed by atoms with Crippen molar-refractivity contribution in [3.8, 4) is 0 Å². The number of nitrogens with two attached hydrogens (primary N) is 1. The van der Waals surface area contributed by atoms with E-state index in [-0.39, 0.29) is 5.91 Å². The first-order valence-corrected chi connectivity index (χ1v) is 5.29. The maximum Gasteiger partial charge on any atom is 0.237 e. The zero-order valence-corrected chi connectivity index (χ0v) is 9.42. The predicted molar refractivity (Wildman–Crippen MR) is 61.6 cm³/mol. The second-order valence-electron chi connectivity index (χ2n) is 3.36. The third-order valence-electron chi connectivity index (χ3n) is 2.13. The van der Waals surface area contributed by atoms with E-state index in [9.17, 15) is 4.79 Å². The maximum atomic E-state index is 11.4. The van der Waals surface area contributed by atoms with Crippen LogP contribution < -0.4 is 11.1 Å². The molecule has 0 aliphatic rings. The fourth-order valence-corrected chi connectivity index (χ4v) is 1.37. The number of benzene rings is 1. The van der Waals surface area contributed by atoms with E-state index in [1.54, 1.807) is 6.07 Å². The van der Waals surface area contributed by atoms with Crippen molar-refractivity contribution in [1.82, 2.24) is 5.32 Å². The topological polar surface area (TPSA) is 55.1 Å². The summed E-state index contributed by atoms with van der Waals surface area (Å²) in [4.78, 5) is 11.4. The number of hydrogen-bond donors (Lipinski definition) is 2. The molecule has 15 heavy (non-hydrogen) atoms. The SMILES string of the molecule is CC[C@H](N)C(=O)NCc1cccc(Cl)c1. The first kappa shape index (κ1) is 12.0. The molecular weight excluding hydrogens is 212 g/mol. The highest BCUT2D eigenvalue weighted by atomic mass is 35.5. The molecule has 1 rings (SSSR count). The number of nitrogens with one attached hydrogen (secondary N) is 1. The van der Waals surface area contributed by atoms with Crippen molar-refractivity contribution >= 4 is 17.5 Å². The molecule has 1 aromatic carbocycles.